The molecule has 0 unspecified atom stereocenters. The zero-order chi connectivity index (χ0) is 10.7. The van der Waals surface area contributed by atoms with Crippen LogP contribution in [0.5, 0.6) is 0 Å². The number of hydrogen-bond acceptors (Lipinski definition) is 1. The average Bonchev–Trinajstić information content (AvgIpc) is 2.08. The molecule has 0 heterocycles. The Balaban J connectivity index is 0. The number of aliphatic hydroxyl groups is 1. The Bertz CT molecular complexity index is 97.7. The highest BCUT2D eigenvalue weighted by Crippen LogP contribution is 2.16. The van der Waals surface area contributed by atoms with Crippen LogP contribution in [0.3, 0.4) is 0 Å². The molecule has 0 bridgehead atoms. The predicted octanol–water partition coefficient (Wildman–Crippen LogP) is 3.92. The number of rotatable bonds is 0. The molecule has 0 amide bonds. The minimum atomic E-state index is 0.0359. The zero-order valence-electron chi connectivity index (χ0n) is 9.77. The fraction of sp³-hybridized carbons (Fsp3) is 0.833. The van der Waals surface area contributed by atoms with Gasteiger partial charge in [-0.2, -0.15) is 0 Å². The highest BCUT2D eigenvalue weighted by Gasteiger charge is 2.07. The molecule has 80 valence electrons. The van der Waals surface area contributed by atoms with Gasteiger partial charge in [0.1, 0.15) is 0 Å². The van der Waals surface area contributed by atoms with Crippen LogP contribution >= 0.6 is 0 Å². The molecule has 0 radical (unpaired) electrons. The minimum Gasteiger partial charge on any atom is -0.393 e. The van der Waals surface area contributed by atoms with Crippen LogP contribution in [0.1, 0.15) is 59.8 Å². The lowest BCUT2D eigenvalue weighted by Crippen LogP contribution is -2.09. The van der Waals surface area contributed by atoms with Gasteiger partial charge in [-0.1, -0.05) is 38.7 Å². The van der Waals surface area contributed by atoms with Gasteiger partial charge < -0.3 is 5.11 Å². The molecular formula is C12H26O. The van der Waals surface area contributed by atoms with Crippen LogP contribution in [0.25, 0.3) is 0 Å². The molecule has 1 N–H and O–H groups in total. The van der Waals surface area contributed by atoms with Gasteiger partial charge in [0.25, 0.3) is 0 Å². The fourth-order valence-corrected chi connectivity index (χ4v) is 1.08. The van der Waals surface area contributed by atoms with Crippen LogP contribution < -0.4 is 0 Å². The molecule has 0 atom stereocenters. The predicted molar refractivity (Wildman–Crippen MR) is 60.9 cm³/mol. The van der Waals surface area contributed by atoms with E-state index in [1.165, 1.54) is 24.8 Å². The van der Waals surface area contributed by atoms with Crippen molar-refractivity contribution in [3.8, 4) is 0 Å². The second kappa shape index (κ2) is 11.7. The highest BCUT2D eigenvalue weighted by atomic mass is 16.3. The summed E-state index contributed by atoms with van der Waals surface area (Å²) in [6.45, 7) is 11.5. The van der Waals surface area contributed by atoms with Crippen molar-refractivity contribution in [2.75, 3.05) is 0 Å². The Morgan fingerprint density at radius 3 is 1.54 bits per heavy atom. The first kappa shape index (κ1) is 15.2. The van der Waals surface area contributed by atoms with Crippen molar-refractivity contribution in [1.82, 2.24) is 0 Å². The molecule has 1 aliphatic rings. The van der Waals surface area contributed by atoms with Crippen molar-refractivity contribution in [3.05, 3.63) is 12.2 Å². The van der Waals surface area contributed by atoms with Gasteiger partial charge in [-0.15, -0.1) is 6.58 Å². The molecule has 13 heavy (non-hydrogen) atoms. The van der Waals surface area contributed by atoms with E-state index in [-0.39, 0.29) is 6.10 Å². The van der Waals surface area contributed by atoms with E-state index in [0.29, 0.717) is 0 Å². The maximum Gasteiger partial charge on any atom is 0.0540 e. The Labute approximate surface area is 83.9 Å². The van der Waals surface area contributed by atoms with Gasteiger partial charge in [0.05, 0.1) is 6.10 Å². The van der Waals surface area contributed by atoms with E-state index < -0.39 is 0 Å². The third kappa shape index (κ3) is 18.6. The van der Waals surface area contributed by atoms with E-state index in [4.69, 9.17) is 5.11 Å². The van der Waals surface area contributed by atoms with E-state index in [9.17, 15) is 0 Å². The average molecular weight is 186 g/mol. The number of allylic oxidation sites excluding steroid dienone is 1. The summed E-state index contributed by atoms with van der Waals surface area (Å²) in [4.78, 5) is 0. The van der Waals surface area contributed by atoms with Gasteiger partial charge in [-0.3, -0.25) is 0 Å². The topological polar surface area (TPSA) is 20.2 Å². The summed E-state index contributed by atoms with van der Waals surface area (Å²) in [7, 11) is 0. The van der Waals surface area contributed by atoms with E-state index in [2.05, 4.69) is 6.58 Å². The lowest BCUT2D eigenvalue weighted by atomic mass is 9.98. The van der Waals surface area contributed by atoms with E-state index in [0.717, 1.165) is 12.8 Å². The molecule has 0 aromatic rings. The van der Waals surface area contributed by atoms with Gasteiger partial charge in [0.15, 0.2) is 0 Å². The Hall–Kier alpha value is -0.300. The van der Waals surface area contributed by atoms with E-state index >= 15 is 0 Å². The van der Waals surface area contributed by atoms with Crippen molar-refractivity contribution in [1.29, 1.82) is 0 Å². The Morgan fingerprint density at radius 1 is 1.08 bits per heavy atom. The summed E-state index contributed by atoms with van der Waals surface area (Å²) in [5.74, 6) is 0. The van der Waals surface area contributed by atoms with Crippen LogP contribution in [-0.2, 0) is 0 Å². The molecule has 0 aromatic carbocycles. The van der Waals surface area contributed by atoms with Crippen molar-refractivity contribution in [2.24, 2.45) is 0 Å². The minimum absolute atomic E-state index is 0.0359. The molecule has 0 spiro atoms. The summed E-state index contributed by atoms with van der Waals surface area (Å²) in [5.41, 5.74) is 1.17. The molecule has 0 saturated heterocycles. The van der Waals surface area contributed by atoms with Crippen molar-refractivity contribution in [2.45, 2.75) is 65.9 Å². The summed E-state index contributed by atoms with van der Waals surface area (Å²) >= 11 is 0. The maximum atomic E-state index is 8.91. The van der Waals surface area contributed by atoms with Crippen molar-refractivity contribution >= 4 is 0 Å². The first-order valence-corrected chi connectivity index (χ1v) is 5.43. The van der Waals surface area contributed by atoms with E-state index in [1.807, 2.05) is 27.7 Å². The molecule has 1 fully saturated rings. The van der Waals surface area contributed by atoms with Crippen molar-refractivity contribution in [3.63, 3.8) is 0 Å². The van der Waals surface area contributed by atoms with Crippen LogP contribution in [0.15, 0.2) is 12.2 Å². The lowest BCUT2D eigenvalue weighted by molar-refractivity contribution is 0.130. The summed E-state index contributed by atoms with van der Waals surface area (Å²) < 4.78 is 0. The normalized spacial score (nSPS) is 16.1. The van der Waals surface area contributed by atoms with E-state index in [1.54, 1.807) is 0 Å². The number of aliphatic hydroxyl groups excluding tert-OH is 1. The molecule has 1 rings (SSSR count). The van der Waals surface area contributed by atoms with Crippen LogP contribution in [0, 0.1) is 0 Å². The van der Waals surface area contributed by atoms with Crippen LogP contribution in [-0.4, -0.2) is 11.2 Å². The quantitative estimate of drug-likeness (QED) is 0.568. The first-order valence-electron chi connectivity index (χ1n) is 5.43. The van der Waals surface area contributed by atoms with Gasteiger partial charge >= 0.3 is 0 Å². The fourth-order valence-electron chi connectivity index (χ4n) is 1.08. The summed E-state index contributed by atoms with van der Waals surface area (Å²) in [5, 5.41) is 8.91. The summed E-state index contributed by atoms with van der Waals surface area (Å²) in [6.07, 6.45) is 5.92. The molecule has 0 aliphatic heterocycles. The van der Waals surface area contributed by atoms with Gasteiger partial charge in [0.2, 0.25) is 0 Å². The Kier molecular flexibility index (Phi) is 13.7. The second-order valence-electron chi connectivity index (χ2n) is 3.50. The molecular weight excluding hydrogens is 160 g/mol. The molecule has 1 saturated carbocycles. The standard InChI is InChI=1S/C6H12O.C4H8.C2H6/c7-6-4-2-1-3-5-6;1-4(2)3;1-2/h6-7H,1-5H2;1H2,2-3H3;1-2H3. The Morgan fingerprint density at radius 2 is 1.38 bits per heavy atom. The third-order valence-electron chi connectivity index (χ3n) is 1.57. The van der Waals surface area contributed by atoms with Crippen LogP contribution in [0.4, 0.5) is 0 Å². The summed E-state index contributed by atoms with van der Waals surface area (Å²) in [6, 6.07) is 0. The van der Waals surface area contributed by atoms with Crippen LogP contribution in [0.2, 0.25) is 0 Å². The third-order valence-corrected chi connectivity index (χ3v) is 1.57. The number of hydrogen-bond donors (Lipinski definition) is 1. The van der Waals surface area contributed by atoms with Gasteiger partial charge in [-0.25, -0.2) is 0 Å². The van der Waals surface area contributed by atoms with Gasteiger partial charge in [-0.05, 0) is 26.7 Å². The molecule has 1 heteroatoms. The monoisotopic (exact) mass is 186 g/mol. The lowest BCUT2D eigenvalue weighted by Gasteiger charge is -2.14. The SMILES string of the molecule is C=C(C)C.CC.OC1CCCCC1. The van der Waals surface area contributed by atoms with Crippen molar-refractivity contribution < 1.29 is 5.11 Å². The largest absolute Gasteiger partial charge is 0.393 e. The van der Waals surface area contributed by atoms with Gasteiger partial charge in [0, 0.05) is 0 Å². The second-order valence-corrected chi connectivity index (χ2v) is 3.50. The smallest absolute Gasteiger partial charge is 0.0540 e. The molecule has 1 nitrogen and oxygen atoms in total. The maximum absolute atomic E-state index is 8.91. The zero-order valence-corrected chi connectivity index (χ0v) is 9.77. The first-order chi connectivity index (χ1) is 6.13. The molecule has 1 aliphatic carbocycles. The highest BCUT2D eigenvalue weighted by molar-refractivity contribution is 4.78. The molecule has 0 aromatic heterocycles.